The van der Waals surface area contributed by atoms with Crippen LogP contribution in [0.4, 0.5) is 11.4 Å². The molecule has 4 N–H and O–H groups in total. The molecule has 0 radical (unpaired) electrons. The fourth-order valence-electron chi connectivity index (χ4n) is 3.62. The summed E-state index contributed by atoms with van der Waals surface area (Å²) < 4.78 is 11.7. The Bertz CT molecular complexity index is 1180. The number of nitrogens with zero attached hydrogens (tertiary/aromatic N) is 2. The number of aliphatic imine (C=N–C) groups is 2. The van der Waals surface area contributed by atoms with Gasteiger partial charge in [-0.25, -0.2) is 9.98 Å². The van der Waals surface area contributed by atoms with E-state index in [1.165, 1.54) is 0 Å². The summed E-state index contributed by atoms with van der Waals surface area (Å²) in [6, 6.07) is 34.8. The summed E-state index contributed by atoms with van der Waals surface area (Å²) in [5.74, 6) is 2.63. The van der Waals surface area contributed by atoms with Crippen molar-refractivity contribution in [1.82, 2.24) is 0 Å². The number of unbranched alkanes of at least 4 members (excludes halogenated alkanes) is 2. The van der Waals surface area contributed by atoms with E-state index in [-0.39, 0.29) is 0 Å². The maximum absolute atomic E-state index is 6.08. The Hall–Kier alpha value is -4.58. The van der Waals surface area contributed by atoms with Gasteiger partial charge in [0.2, 0.25) is 0 Å². The van der Waals surface area contributed by atoms with Crippen LogP contribution in [0.2, 0.25) is 0 Å². The van der Waals surface area contributed by atoms with Gasteiger partial charge >= 0.3 is 0 Å². The SMILES string of the molecule is NC(=Nc1ccc(OCCCCCOc2ccc(N=C(N)c3ccccc3)cc2)cc1)c1ccccc1. The van der Waals surface area contributed by atoms with E-state index in [2.05, 4.69) is 9.98 Å². The van der Waals surface area contributed by atoms with Crippen LogP contribution in [0.15, 0.2) is 119 Å². The van der Waals surface area contributed by atoms with E-state index in [9.17, 15) is 0 Å². The predicted molar refractivity (Wildman–Crippen MR) is 151 cm³/mol. The smallest absolute Gasteiger partial charge is 0.131 e. The molecule has 6 nitrogen and oxygen atoms in total. The number of rotatable bonds is 12. The number of hydrogen-bond donors (Lipinski definition) is 2. The first-order valence-electron chi connectivity index (χ1n) is 12.4. The molecule has 0 atom stereocenters. The molecule has 0 aliphatic heterocycles. The zero-order valence-corrected chi connectivity index (χ0v) is 20.8. The van der Waals surface area contributed by atoms with Crippen molar-refractivity contribution in [3.05, 3.63) is 120 Å². The van der Waals surface area contributed by atoms with Crippen molar-refractivity contribution in [2.24, 2.45) is 21.5 Å². The van der Waals surface area contributed by atoms with Gasteiger partial charge in [0.25, 0.3) is 0 Å². The highest BCUT2D eigenvalue weighted by molar-refractivity contribution is 5.99. The first-order chi connectivity index (χ1) is 18.2. The molecule has 0 unspecified atom stereocenters. The van der Waals surface area contributed by atoms with E-state index in [0.29, 0.717) is 24.9 Å². The van der Waals surface area contributed by atoms with Gasteiger partial charge in [-0.2, -0.15) is 0 Å². The molecule has 0 spiro atoms. The highest BCUT2D eigenvalue weighted by Crippen LogP contribution is 2.20. The van der Waals surface area contributed by atoms with Crippen LogP contribution < -0.4 is 20.9 Å². The lowest BCUT2D eigenvalue weighted by molar-refractivity contribution is 0.279. The van der Waals surface area contributed by atoms with Crippen LogP contribution in [0.3, 0.4) is 0 Å². The summed E-state index contributed by atoms with van der Waals surface area (Å²) >= 11 is 0. The molecule has 0 aliphatic rings. The quantitative estimate of drug-likeness (QED) is 0.136. The summed E-state index contributed by atoms with van der Waals surface area (Å²) in [7, 11) is 0. The Morgan fingerprint density at radius 2 is 0.865 bits per heavy atom. The van der Waals surface area contributed by atoms with Gasteiger partial charge in [0.1, 0.15) is 23.2 Å². The first kappa shape index (κ1) is 25.5. The molecular weight excluding hydrogens is 460 g/mol. The third-order valence-corrected chi connectivity index (χ3v) is 5.64. The van der Waals surface area contributed by atoms with Gasteiger partial charge in [0.05, 0.1) is 24.6 Å². The lowest BCUT2D eigenvalue weighted by Gasteiger charge is -2.08. The average molecular weight is 493 g/mol. The molecule has 0 bridgehead atoms. The van der Waals surface area contributed by atoms with Crippen LogP contribution in [-0.2, 0) is 0 Å². The highest BCUT2D eigenvalue weighted by Gasteiger charge is 2.01. The Balaban J connectivity index is 1.12. The monoisotopic (exact) mass is 492 g/mol. The first-order valence-corrected chi connectivity index (χ1v) is 12.4. The molecule has 0 amide bonds. The molecule has 0 heterocycles. The number of ether oxygens (including phenoxy) is 2. The Morgan fingerprint density at radius 1 is 0.486 bits per heavy atom. The lowest BCUT2D eigenvalue weighted by Crippen LogP contribution is -2.12. The van der Waals surface area contributed by atoms with Crippen molar-refractivity contribution in [3.63, 3.8) is 0 Å². The largest absolute Gasteiger partial charge is 0.494 e. The van der Waals surface area contributed by atoms with Gasteiger partial charge in [-0.05, 0) is 67.8 Å². The van der Waals surface area contributed by atoms with Crippen molar-refractivity contribution in [2.75, 3.05) is 13.2 Å². The summed E-state index contributed by atoms with van der Waals surface area (Å²) in [6.07, 6.45) is 2.93. The lowest BCUT2D eigenvalue weighted by atomic mass is 10.2. The van der Waals surface area contributed by atoms with Gasteiger partial charge in [0, 0.05) is 11.1 Å². The molecule has 4 rings (SSSR count). The average Bonchev–Trinajstić information content (AvgIpc) is 2.95. The zero-order valence-electron chi connectivity index (χ0n) is 20.8. The topological polar surface area (TPSA) is 95.2 Å². The van der Waals surface area contributed by atoms with Crippen LogP contribution in [0.5, 0.6) is 11.5 Å². The maximum Gasteiger partial charge on any atom is 0.131 e. The fraction of sp³-hybridized carbons (Fsp3) is 0.161. The van der Waals surface area contributed by atoms with Gasteiger partial charge in [-0.15, -0.1) is 0 Å². The normalized spacial score (nSPS) is 11.8. The zero-order chi connectivity index (χ0) is 25.7. The maximum atomic E-state index is 6.08. The highest BCUT2D eigenvalue weighted by atomic mass is 16.5. The van der Waals surface area contributed by atoms with Crippen LogP contribution in [0, 0.1) is 0 Å². The molecule has 4 aromatic rings. The second-order valence-corrected chi connectivity index (χ2v) is 8.47. The van der Waals surface area contributed by atoms with E-state index in [4.69, 9.17) is 20.9 Å². The second-order valence-electron chi connectivity index (χ2n) is 8.47. The summed E-state index contributed by atoms with van der Waals surface area (Å²) in [5, 5.41) is 0. The standard InChI is InChI=1S/C31H32N4O2/c32-30(24-10-4-1-5-11-24)34-26-14-18-28(19-15-26)36-22-8-3-9-23-37-29-20-16-27(17-21-29)35-31(33)25-12-6-2-7-13-25/h1-2,4-7,10-21H,3,8-9,22-23H2,(H2,32,34)(H2,33,35). The van der Waals surface area contributed by atoms with Crippen LogP contribution >= 0.6 is 0 Å². The van der Waals surface area contributed by atoms with Crippen LogP contribution in [-0.4, -0.2) is 24.9 Å². The Morgan fingerprint density at radius 3 is 1.24 bits per heavy atom. The Labute approximate surface area is 218 Å². The fourth-order valence-corrected chi connectivity index (χ4v) is 3.62. The van der Waals surface area contributed by atoms with E-state index in [1.807, 2.05) is 109 Å². The number of amidine groups is 2. The van der Waals surface area contributed by atoms with Crippen molar-refractivity contribution in [2.45, 2.75) is 19.3 Å². The van der Waals surface area contributed by atoms with Gasteiger partial charge < -0.3 is 20.9 Å². The van der Waals surface area contributed by atoms with Crippen LogP contribution in [0.1, 0.15) is 30.4 Å². The third kappa shape index (κ3) is 8.25. The van der Waals surface area contributed by atoms with Crippen molar-refractivity contribution < 1.29 is 9.47 Å². The number of nitrogens with two attached hydrogens (primary N) is 2. The van der Waals surface area contributed by atoms with Crippen molar-refractivity contribution >= 4 is 23.0 Å². The van der Waals surface area contributed by atoms with Gasteiger partial charge in [-0.3, -0.25) is 0 Å². The summed E-state index contributed by atoms with van der Waals surface area (Å²) in [5.41, 5.74) is 15.6. The van der Waals surface area contributed by atoms with E-state index < -0.39 is 0 Å². The Kier molecular flexibility index (Phi) is 9.30. The van der Waals surface area contributed by atoms with Gasteiger partial charge in [-0.1, -0.05) is 60.7 Å². The minimum absolute atomic E-state index is 0.494. The van der Waals surface area contributed by atoms with Crippen molar-refractivity contribution in [3.8, 4) is 11.5 Å². The van der Waals surface area contributed by atoms with Crippen molar-refractivity contribution in [1.29, 1.82) is 0 Å². The van der Waals surface area contributed by atoms with Gasteiger partial charge in [0.15, 0.2) is 0 Å². The molecule has 0 aliphatic carbocycles. The minimum atomic E-state index is 0.494. The van der Waals surface area contributed by atoms with Crippen LogP contribution in [0.25, 0.3) is 0 Å². The van der Waals surface area contributed by atoms with E-state index in [0.717, 1.165) is 53.3 Å². The molecule has 0 aromatic heterocycles. The molecule has 6 heteroatoms. The summed E-state index contributed by atoms with van der Waals surface area (Å²) in [4.78, 5) is 8.94. The second kappa shape index (κ2) is 13.5. The molecule has 0 saturated carbocycles. The summed E-state index contributed by atoms with van der Waals surface area (Å²) in [6.45, 7) is 1.31. The minimum Gasteiger partial charge on any atom is -0.494 e. The molecule has 37 heavy (non-hydrogen) atoms. The molecule has 0 fully saturated rings. The molecule has 0 saturated heterocycles. The number of benzene rings is 4. The third-order valence-electron chi connectivity index (χ3n) is 5.64. The molecule has 188 valence electrons. The predicted octanol–water partition coefficient (Wildman–Crippen LogP) is 6.39. The molecule has 4 aromatic carbocycles. The van der Waals surface area contributed by atoms with E-state index >= 15 is 0 Å². The van der Waals surface area contributed by atoms with E-state index in [1.54, 1.807) is 0 Å². The molecular formula is C31H32N4O2. The number of hydrogen-bond acceptors (Lipinski definition) is 4.